The van der Waals surface area contributed by atoms with E-state index in [-0.39, 0.29) is 11.1 Å². The molecule has 0 saturated carbocycles. The van der Waals surface area contributed by atoms with Gasteiger partial charge in [0.25, 0.3) is 0 Å². The molecule has 0 aliphatic heterocycles. The number of halogens is 2. The molecule has 0 amide bonds. The van der Waals surface area contributed by atoms with Crippen LogP contribution < -0.4 is 10.1 Å². The van der Waals surface area contributed by atoms with Crippen LogP contribution in [0.3, 0.4) is 0 Å². The fourth-order valence-corrected chi connectivity index (χ4v) is 1.34. The van der Waals surface area contributed by atoms with Gasteiger partial charge in [0.1, 0.15) is 17.7 Å². The third-order valence-electron chi connectivity index (χ3n) is 1.89. The average Bonchev–Trinajstić information content (AvgIpc) is 2.24. The maximum Gasteiger partial charge on any atom is 0.142 e. The fraction of sp³-hybridized carbons (Fsp3) is 0.333. The van der Waals surface area contributed by atoms with Crippen molar-refractivity contribution < 1.29 is 9.13 Å². The second-order valence-corrected chi connectivity index (χ2v) is 3.75. The summed E-state index contributed by atoms with van der Waals surface area (Å²) in [5, 5.41) is 3.07. The topological polar surface area (TPSA) is 21.3 Å². The molecule has 0 saturated heterocycles. The van der Waals surface area contributed by atoms with E-state index in [4.69, 9.17) is 22.8 Å². The fourth-order valence-electron chi connectivity index (χ4n) is 1.17. The average molecular weight is 242 g/mol. The lowest BCUT2D eigenvalue weighted by atomic mass is 10.3. The van der Waals surface area contributed by atoms with Crippen LogP contribution in [0.15, 0.2) is 18.2 Å². The molecule has 86 valence electrons. The number of hydrogen-bond acceptors (Lipinski definition) is 2. The van der Waals surface area contributed by atoms with Crippen LogP contribution in [0.1, 0.15) is 6.92 Å². The van der Waals surface area contributed by atoms with Crippen molar-refractivity contribution in [3.63, 3.8) is 0 Å². The van der Waals surface area contributed by atoms with Crippen LogP contribution in [0, 0.1) is 18.2 Å². The summed E-state index contributed by atoms with van der Waals surface area (Å²) in [6, 6.07) is 4.27. The highest BCUT2D eigenvalue weighted by Crippen LogP contribution is 2.21. The number of nitrogens with one attached hydrogen (secondary N) is 1. The first-order chi connectivity index (χ1) is 7.63. The Bertz CT molecular complexity index is 389. The van der Waals surface area contributed by atoms with Gasteiger partial charge in [-0.2, -0.15) is 0 Å². The molecule has 0 heterocycles. The molecule has 1 aromatic rings. The Morgan fingerprint density at radius 2 is 2.38 bits per heavy atom. The van der Waals surface area contributed by atoms with Crippen LogP contribution in [0.4, 0.5) is 4.39 Å². The largest absolute Gasteiger partial charge is 0.489 e. The van der Waals surface area contributed by atoms with Gasteiger partial charge in [0.2, 0.25) is 0 Å². The molecular weight excluding hydrogens is 229 g/mol. The summed E-state index contributed by atoms with van der Waals surface area (Å²) >= 11 is 5.63. The highest BCUT2D eigenvalue weighted by atomic mass is 35.5. The Morgan fingerprint density at radius 1 is 1.62 bits per heavy atom. The molecule has 0 aromatic heterocycles. The van der Waals surface area contributed by atoms with Gasteiger partial charge in [-0.3, -0.25) is 0 Å². The maximum atomic E-state index is 12.9. The van der Waals surface area contributed by atoms with Crippen molar-refractivity contribution in [2.24, 2.45) is 0 Å². The number of benzene rings is 1. The minimum absolute atomic E-state index is 0.0567. The standard InChI is InChI=1S/C12H13ClFNO/c1-3-6-15-8-9(2)16-10-4-5-12(14)11(13)7-10/h1,4-5,7,9,15H,6,8H2,2H3. The highest BCUT2D eigenvalue weighted by Gasteiger charge is 2.05. The van der Waals surface area contributed by atoms with Crippen LogP contribution in [0.2, 0.25) is 5.02 Å². The van der Waals surface area contributed by atoms with E-state index in [2.05, 4.69) is 11.2 Å². The molecule has 0 spiro atoms. The molecule has 2 nitrogen and oxygen atoms in total. The monoisotopic (exact) mass is 241 g/mol. The summed E-state index contributed by atoms with van der Waals surface area (Å²) in [4.78, 5) is 0. The molecule has 0 bridgehead atoms. The highest BCUT2D eigenvalue weighted by molar-refractivity contribution is 6.30. The van der Waals surface area contributed by atoms with E-state index >= 15 is 0 Å². The molecule has 0 aliphatic carbocycles. The van der Waals surface area contributed by atoms with Gasteiger partial charge in [-0.25, -0.2) is 4.39 Å². The van der Waals surface area contributed by atoms with Crippen molar-refractivity contribution in [3.8, 4) is 18.1 Å². The maximum absolute atomic E-state index is 12.9. The first-order valence-electron chi connectivity index (χ1n) is 4.89. The van der Waals surface area contributed by atoms with E-state index in [1.54, 1.807) is 6.07 Å². The summed E-state index contributed by atoms with van der Waals surface area (Å²) in [5.74, 6) is 2.56. The lowest BCUT2D eigenvalue weighted by Crippen LogP contribution is -2.29. The number of terminal acetylenes is 1. The first kappa shape index (κ1) is 12.8. The zero-order valence-electron chi connectivity index (χ0n) is 8.97. The Morgan fingerprint density at radius 3 is 3.00 bits per heavy atom. The van der Waals surface area contributed by atoms with Crippen molar-refractivity contribution in [3.05, 3.63) is 29.0 Å². The van der Waals surface area contributed by atoms with Crippen LogP contribution in [0.5, 0.6) is 5.75 Å². The van der Waals surface area contributed by atoms with E-state index in [1.165, 1.54) is 12.1 Å². The minimum atomic E-state index is -0.452. The molecular formula is C12H13ClFNO. The van der Waals surface area contributed by atoms with Crippen molar-refractivity contribution in [1.29, 1.82) is 0 Å². The van der Waals surface area contributed by atoms with Gasteiger partial charge < -0.3 is 10.1 Å². The van der Waals surface area contributed by atoms with Crippen LogP contribution in [-0.4, -0.2) is 19.2 Å². The number of ether oxygens (including phenoxy) is 1. The third-order valence-corrected chi connectivity index (χ3v) is 2.18. The third kappa shape index (κ3) is 4.09. The van der Waals surface area contributed by atoms with E-state index in [9.17, 15) is 4.39 Å². The SMILES string of the molecule is C#CCNCC(C)Oc1ccc(F)c(Cl)c1. The molecule has 1 rings (SSSR count). The van der Waals surface area contributed by atoms with E-state index in [0.29, 0.717) is 18.8 Å². The summed E-state index contributed by atoms with van der Waals surface area (Å²) in [6.45, 7) is 3.01. The molecule has 0 fully saturated rings. The Labute approximate surface area is 99.8 Å². The molecule has 0 radical (unpaired) electrons. The van der Waals surface area contributed by atoms with Crippen molar-refractivity contribution >= 4 is 11.6 Å². The molecule has 0 aliphatic rings. The Kier molecular flexibility index (Phi) is 5.10. The van der Waals surface area contributed by atoms with Crippen LogP contribution in [0.25, 0.3) is 0 Å². The second kappa shape index (κ2) is 6.37. The van der Waals surface area contributed by atoms with Crippen LogP contribution in [-0.2, 0) is 0 Å². The van der Waals surface area contributed by atoms with Crippen molar-refractivity contribution in [2.45, 2.75) is 13.0 Å². The smallest absolute Gasteiger partial charge is 0.142 e. The van der Waals surface area contributed by atoms with Crippen molar-refractivity contribution in [1.82, 2.24) is 5.32 Å². The zero-order chi connectivity index (χ0) is 12.0. The van der Waals surface area contributed by atoms with Crippen LogP contribution >= 0.6 is 11.6 Å². The minimum Gasteiger partial charge on any atom is -0.489 e. The Balaban J connectivity index is 2.47. The molecule has 1 aromatic carbocycles. The zero-order valence-corrected chi connectivity index (χ0v) is 9.72. The van der Waals surface area contributed by atoms with Gasteiger partial charge in [-0.05, 0) is 19.1 Å². The summed E-state index contributed by atoms with van der Waals surface area (Å²) in [6.07, 6.45) is 5.03. The molecule has 1 N–H and O–H groups in total. The van der Waals surface area contributed by atoms with E-state index in [1.807, 2.05) is 6.92 Å². The molecule has 16 heavy (non-hydrogen) atoms. The van der Waals surface area contributed by atoms with Gasteiger partial charge >= 0.3 is 0 Å². The van der Waals surface area contributed by atoms with Gasteiger partial charge in [0.05, 0.1) is 11.6 Å². The van der Waals surface area contributed by atoms with E-state index in [0.717, 1.165) is 0 Å². The molecule has 4 heteroatoms. The summed E-state index contributed by atoms with van der Waals surface area (Å²) in [7, 11) is 0. The number of hydrogen-bond donors (Lipinski definition) is 1. The molecule has 1 atom stereocenters. The van der Waals surface area contributed by atoms with Gasteiger partial charge in [-0.15, -0.1) is 6.42 Å². The van der Waals surface area contributed by atoms with Gasteiger partial charge in [0, 0.05) is 12.6 Å². The summed E-state index contributed by atoms with van der Waals surface area (Å²) < 4.78 is 18.4. The van der Waals surface area contributed by atoms with E-state index < -0.39 is 5.82 Å². The lowest BCUT2D eigenvalue weighted by Gasteiger charge is -2.14. The predicted molar refractivity (Wildman–Crippen MR) is 63.2 cm³/mol. The lowest BCUT2D eigenvalue weighted by molar-refractivity contribution is 0.219. The molecule has 1 unspecified atom stereocenters. The van der Waals surface area contributed by atoms with Crippen molar-refractivity contribution in [2.75, 3.05) is 13.1 Å². The summed E-state index contributed by atoms with van der Waals surface area (Å²) in [5.41, 5.74) is 0. The first-order valence-corrected chi connectivity index (χ1v) is 5.27. The normalized spacial score (nSPS) is 11.9. The Hall–Kier alpha value is -1.24. The van der Waals surface area contributed by atoms with Gasteiger partial charge in [-0.1, -0.05) is 17.5 Å². The van der Waals surface area contributed by atoms with Gasteiger partial charge in [0.15, 0.2) is 0 Å². The number of rotatable bonds is 5. The second-order valence-electron chi connectivity index (χ2n) is 3.34. The quantitative estimate of drug-likeness (QED) is 0.632. The predicted octanol–water partition coefficient (Wildman–Crippen LogP) is 2.47.